The van der Waals surface area contributed by atoms with E-state index in [9.17, 15) is 10.5 Å². The Morgan fingerprint density at radius 1 is 0.684 bits per heavy atom. The zero-order valence-corrected chi connectivity index (χ0v) is 11.4. The van der Waals surface area contributed by atoms with Gasteiger partial charge >= 0.3 is 0 Å². The van der Waals surface area contributed by atoms with Gasteiger partial charge in [0.1, 0.15) is 0 Å². The Labute approximate surface area is 115 Å². The first-order chi connectivity index (χ1) is 9.35. The summed E-state index contributed by atoms with van der Waals surface area (Å²) in [4.78, 5) is 0. The summed E-state index contributed by atoms with van der Waals surface area (Å²) < 4.78 is 5.96. The second-order valence-electron chi connectivity index (χ2n) is 6.43. The van der Waals surface area contributed by atoms with Crippen LogP contribution in [0.5, 0.6) is 0 Å². The predicted octanol–water partition coefficient (Wildman–Crippen LogP) is 3.41. The first kappa shape index (κ1) is 12.9. The Kier molecular flexibility index (Phi) is 3.76. The van der Waals surface area contributed by atoms with Gasteiger partial charge in [0.15, 0.2) is 0 Å². The Morgan fingerprint density at radius 3 is 1.53 bits per heavy atom. The largest absolute Gasteiger partial charge is 0.369 e. The maximum Gasteiger partial charge on any atom is 0.0885 e. The molecule has 2 aliphatic carbocycles. The van der Waals surface area contributed by atoms with Crippen molar-refractivity contribution in [2.75, 3.05) is 0 Å². The van der Waals surface area contributed by atoms with E-state index in [4.69, 9.17) is 4.74 Å². The van der Waals surface area contributed by atoms with Crippen molar-refractivity contribution in [1.82, 2.24) is 0 Å². The molecule has 19 heavy (non-hydrogen) atoms. The van der Waals surface area contributed by atoms with E-state index in [0.29, 0.717) is 11.8 Å². The smallest absolute Gasteiger partial charge is 0.0885 e. The van der Waals surface area contributed by atoms with Gasteiger partial charge in [-0.15, -0.1) is 0 Å². The van der Waals surface area contributed by atoms with E-state index in [1.807, 2.05) is 0 Å². The number of nitriles is 2. The Balaban J connectivity index is 1.63. The normalized spacial score (nSPS) is 46.0. The van der Waals surface area contributed by atoms with Gasteiger partial charge in [0, 0.05) is 11.8 Å². The minimum absolute atomic E-state index is 0.188. The minimum atomic E-state index is 0.188. The summed E-state index contributed by atoms with van der Waals surface area (Å²) in [6, 6.07) is 4.96. The molecule has 1 aliphatic heterocycles. The quantitative estimate of drug-likeness (QED) is 0.713. The highest BCUT2D eigenvalue weighted by molar-refractivity contribution is 5.06. The zero-order chi connectivity index (χ0) is 13.2. The van der Waals surface area contributed by atoms with Crippen molar-refractivity contribution in [3.05, 3.63) is 0 Å². The van der Waals surface area contributed by atoms with E-state index in [-0.39, 0.29) is 24.0 Å². The second kappa shape index (κ2) is 5.51. The fourth-order valence-corrected chi connectivity index (χ4v) is 4.25. The van der Waals surface area contributed by atoms with Crippen molar-refractivity contribution in [3.8, 4) is 12.1 Å². The van der Waals surface area contributed by atoms with E-state index in [0.717, 1.165) is 25.7 Å². The summed E-state index contributed by atoms with van der Waals surface area (Å²) in [6.07, 6.45) is 9.79. The molecular weight excluding hydrogens is 236 g/mol. The van der Waals surface area contributed by atoms with Crippen LogP contribution in [0.2, 0.25) is 0 Å². The average Bonchev–Trinajstić information content (AvgIpc) is 3.27. The maximum absolute atomic E-state index is 9.27. The SMILES string of the molecule is N#CC1CCCCC1C1OC1C1CCCCC1C#N. The molecule has 3 rings (SSSR count). The van der Waals surface area contributed by atoms with Crippen molar-refractivity contribution in [2.24, 2.45) is 23.7 Å². The van der Waals surface area contributed by atoms with Gasteiger partial charge < -0.3 is 4.74 Å². The van der Waals surface area contributed by atoms with Crippen molar-refractivity contribution in [1.29, 1.82) is 10.5 Å². The predicted molar refractivity (Wildman–Crippen MR) is 70.8 cm³/mol. The third-order valence-corrected chi connectivity index (χ3v) is 5.38. The number of ether oxygens (including phenoxy) is 1. The first-order valence-electron chi connectivity index (χ1n) is 7.80. The van der Waals surface area contributed by atoms with Crippen LogP contribution in [-0.4, -0.2) is 12.2 Å². The van der Waals surface area contributed by atoms with Crippen LogP contribution in [0.3, 0.4) is 0 Å². The van der Waals surface area contributed by atoms with Gasteiger partial charge in [0.25, 0.3) is 0 Å². The van der Waals surface area contributed by atoms with E-state index in [2.05, 4.69) is 12.1 Å². The van der Waals surface area contributed by atoms with Crippen molar-refractivity contribution >= 4 is 0 Å². The van der Waals surface area contributed by atoms with Crippen LogP contribution in [0.1, 0.15) is 51.4 Å². The Bertz CT molecular complexity index is 370. The molecule has 0 spiro atoms. The van der Waals surface area contributed by atoms with Gasteiger partial charge in [-0.3, -0.25) is 0 Å². The van der Waals surface area contributed by atoms with Crippen LogP contribution in [-0.2, 0) is 4.74 Å². The fourth-order valence-electron chi connectivity index (χ4n) is 4.25. The monoisotopic (exact) mass is 258 g/mol. The van der Waals surface area contributed by atoms with Crippen molar-refractivity contribution in [2.45, 2.75) is 63.6 Å². The molecule has 0 aromatic heterocycles. The maximum atomic E-state index is 9.27. The third-order valence-electron chi connectivity index (χ3n) is 5.38. The van der Waals surface area contributed by atoms with Crippen molar-refractivity contribution in [3.63, 3.8) is 0 Å². The van der Waals surface area contributed by atoms with E-state index < -0.39 is 0 Å². The topological polar surface area (TPSA) is 60.1 Å². The van der Waals surface area contributed by atoms with Gasteiger partial charge in [-0.05, 0) is 25.7 Å². The Hall–Kier alpha value is -1.06. The summed E-state index contributed by atoms with van der Waals surface area (Å²) in [6.45, 7) is 0. The number of hydrogen-bond donors (Lipinski definition) is 0. The molecule has 6 atom stereocenters. The second-order valence-corrected chi connectivity index (χ2v) is 6.43. The minimum Gasteiger partial charge on any atom is -0.369 e. The highest BCUT2D eigenvalue weighted by Crippen LogP contribution is 2.48. The van der Waals surface area contributed by atoms with Crippen LogP contribution in [0, 0.1) is 46.3 Å². The van der Waals surface area contributed by atoms with E-state index in [1.54, 1.807) is 0 Å². The molecule has 0 radical (unpaired) electrons. The van der Waals surface area contributed by atoms with Crippen LogP contribution in [0.25, 0.3) is 0 Å². The highest BCUT2D eigenvalue weighted by Gasteiger charge is 2.53. The lowest BCUT2D eigenvalue weighted by atomic mass is 9.72. The number of hydrogen-bond acceptors (Lipinski definition) is 3. The molecule has 1 heterocycles. The zero-order valence-electron chi connectivity index (χ0n) is 11.4. The van der Waals surface area contributed by atoms with E-state index in [1.165, 1.54) is 25.7 Å². The first-order valence-corrected chi connectivity index (χ1v) is 7.80. The van der Waals surface area contributed by atoms with Gasteiger partial charge in [-0.1, -0.05) is 25.7 Å². The molecule has 3 nitrogen and oxygen atoms in total. The lowest BCUT2D eigenvalue weighted by Crippen LogP contribution is -2.29. The van der Waals surface area contributed by atoms with Crippen molar-refractivity contribution < 1.29 is 4.74 Å². The molecule has 3 fully saturated rings. The molecule has 0 bridgehead atoms. The lowest BCUT2D eigenvalue weighted by molar-refractivity contribution is 0.206. The van der Waals surface area contributed by atoms with Crippen LogP contribution in [0.4, 0.5) is 0 Å². The standard InChI is InChI=1S/C16H22N2O/c17-9-11-5-1-3-7-13(11)15-16(19-15)14-8-4-2-6-12(14)10-18/h11-16H,1-8H2. The molecule has 3 heteroatoms. The van der Waals surface area contributed by atoms with E-state index >= 15 is 0 Å². The molecule has 3 aliphatic rings. The number of rotatable bonds is 2. The van der Waals surface area contributed by atoms with Crippen LogP contribution < -0.4 is 0 Å². The molecule has 1 saturated heterocycles. The summed E-state index contributed by atoms with van der Waals surface area (Å²) >= 11 is 0. The third kappa shape index (κ3) is 2.49. The highest BCUT2D eigenvalue weighted by atomic mass is 16.6. The van der Waals surface area contributed by atoms with Gasteiger partial charge in [-0.2, -0.15) is 10.5 Å². The summed E-state index contributed by atoms with van der Waals surface area (Å²) in [5, 5.41) is 18.5. The van der Waals surface area contributed by atoms with Gasteiger partial charge in [0.2, 0.25) is 0 Å². The fraction of sp³-hybridized carbons (Fsp3) is 0.875. The summed E-state index contributed by atoms with van der Waals surface area (Å²) in [5.74, 6) is 1.25. The number of nitrogens with zero attached hydrogens (tertiary/aromatic N) is 2. The molecule has 0 aromatic carbocycles. The molecule has 0 amide bonds. The Morgan fingerprint density at radius 2 is 1.11 bits per heavy atom. The molecule has 0 aromatic rings. The van der Waals surface area contributed by atoms with Crippen LogP contribution in [0.15, 0.2) is 0 Å². The van der Waals surface area contributed by atoms with Gasteiger partial charge in [0.05, 0.1) is 36.2 Å². The summed E-state index contributed by atoms with van der Waals surface area (Å²) in [7, 11) is 0. The van der Waals surface area contributed by atoms with Crippen LogP contribution >= 0.6 is 0 Å². The van der Waals surface area contributed by atoms with Gasteiger partial charge in [-0.25, -0.2) is 0 Å². The molecule has 6 unspecified atom stereocenters. The molecule has 0 N–H and O–H groups in total. The molecule has 2 saturated carbocycles. The number of epoxide rings is 1. The summed E-state index contributed by atoms with van der Waals surface area (Å²) in [5.41, 5.74) is 0. The lowest BCUT2D eigenvalue weighted by Gasteiger charge is -2.28. The average molecular weight is 258 g/mol. The molecule has 102 valence electrons. The molecular formula is C16H22N2O.